The van der Waals surface area contributed by atoms with Crippen molar-refractivity contribution in [2.45, 2.75) is 51.7 Å². The van der Waals surface area contributed by atoms with Gasteiger partial charge < -0.3 is 10.1 Å². The van der Waals surface area contributed by atoms with Crippen LogP contribution in [0.1, 0.15) is 51.2 Å². The molecule has 1 unspecified atom stereocenters. The lowest BCUT2D eigenvalue weighted by atomic mass is 9.89. The highest BCUT2D eigenvalue weighted by Gasteiger charge is 2.22. The summed E-state index contributed by atoms with van der Waals surface area (Å²) in [4.78, 5) is 0. The molecule has 1 atom stereocenters. The standard InChI is InChI=1S/C17H26BrNO/c1-3-19-12-17(14-6-8-15(18)9-7-14)20-16-10-4-13(2)5-11-16/h6-9,13,16-17,19H,3-5,10-12H2,1-2H3. The molecule has 1 aromatic rings. The number of halogens is 1. The van der Waals surface area contributed by atoms with E-state index in [0.717, 1.165) is 23.5 Å². The molecule has 1 N–H and O–H groups in total. The molecule has 0 aliphatic heterocycles. The van der Waals surface area contributed by atoms with E-state index < -0.39 is 0 Å². The van der Waals surface area contributed by atoms with Gasteiger partial charge >= 0.3 is 0 Å². The first kappa shape index (κ1) is 16.0. The zero-order chi connectivity index (χ0) is 14.4. The molecule has 2 nitrogen and oxygen atoms in total. The van der Waals surface area contributed by atoms with Crippen molar-refractivity contribution < 1.29 is 4.74 Å². The smallest absolute Gasteiger partial charge is 0.0952 e. The second kappa shape index (κ2) is 8.16. The molecular formula is C17H26BrNO. The van der Waals surface area contributed by atoms with Crippen molar-refractivity contribution in [3.8, 4) is 0 Å². The molecule has 0 amide bonds. The van der Waals surface area contributed by atoms with E-state index >= 15 is 0 Å². The Kier molecular flexibility index (Phi) is 6.53. The van der Waals surface area contributed by atoms with Gasteiger partial charge in [-0.2, -0.15) is 0 Å². The second-order valence-corrected chi connectivity index (χ2v) is 6.78. The molecule has 20 heavy (non-hydrogen) atoms. The van der Waals surface area contributed by atoms with Gasteiger partial charge in [0.2, 0.25) is 0 Å². The van der Waals surface area contributed by atoms with Crippen LogP contribution in [0.25, 0.3) is 0 Å². The van der Waals surface area contributed by atoms with E-state index in [-0.39, 0.29) is 6.10 Å². The highest BCUT2D eigenvalue weighted by Crippen LogP contribution is 2.30. The summed E-state index contributed by atoms with van der Waals surface area (Å²) < 4.78 is 7.51. The molecular weight excluding hydrogens is 314 g/mol. The minimum absolute atomic E-state index is 0.168. The Labute approximate surface area is 131 Å². The van der Waals surface area contributed by atoms with Crippen LogP contribution in [0.5, 0.6) is 0 Å². The summed E-state index contributed by atoms with van der Waals surface area (Å²) in [6.07, 6.45) is 5.62. The largest absolute Gasteiger partial charge is 0.369 e. The van der Waals surface area contributed by atoms with Crippen LogP contribution in [0.2, 0.25) is 0 Å². The molecule has 0 heterocycles. The van der Waals surface area contributed by atoms with Crippen molar-refractivity contribution in [2.24, 2.45) is 5.92 Å². The maximum absolute atomic E-state index is 6.39. The first-order chi connectivity index (χ1) is 9.69. The Morgan fingerprint density at radius 3 is 2.45 bits per heavy atom. The van der Waals surface area contributed by atoms with Gasteiger partial charge in [0.15, 0.2) is 0 Å². The number of rotatable bonds is 6. The van der Waals surface area contributed by atoms with Crippen LogP contribution in [-0.2, 0) is 4.74 Å². The summed E-state index contributed by atoms with van der Waals surface area (Å²) in [6, 6.07) is 8.52. The Bertz CT molecular complexity index is 384. The van der Waals surface area contributed by atoms with Gasteiger partial charge in [0.25, 0.3) is 0 Å². The normalized spacial score (nSPS) is 24.6. The van der Waals surface area contributed by atoms with Crippen LogP contribution in [0, 0.1) is 5.92 Å². The summed E-state index contributed by atoms with van der Waals surface area (Å²) >= 11 is 3.50. The highest BCUT2D eigenvalue weighted by atomic mass is 79.9. The third-order valence-corrected chi connectivity index (χ3v) is 4.67. The Morgan fingerprint density at radius 2 is 1.85 bits per heavy atom. The molecule has 0 bridgehead atoms. The topological polar surface area (TPSA) is 21.3 Å². The molecule has 1 fully saturated rings. The average molecular weight is 340 g/mol. The summed E-state index contributed by atoms with van der Waals surface area (Å²) in [5, 5.41) is 3.42. The summed E-state index contributed by atoms with van der Waals surface area (Å²) in [5.41, 5.74) is 1.27. The molecule has 1 aliphatic rings. The molecule has 1 aromatic carbocycles. The van der Waals surface area contributed by atoms with Crippen molar-refractivity contribution in [1.82, 2.24) is 5.32 Å². The number of likely N-dealkylation sites (N-methyl/N-ethyl adjacent to an activating group) is 1. The van der Waals surface area contributed by atoms with Gasteiger partial charge in [-0.25, -0.2) is 0 Å². The maximum Gasteiger partial charge on any atom is 0.0952 e. The van der Waals surface area contributed by atoms with E-state index in [0.29, 0.717) is 6.10 Å². The zero-order valence-electron chi connectivity index (χ0n) is 12.6. The van der Waals surface area contributed by atoms with E-state index in [1.54, 1.807) is 0 Å². The first-order valence-corrected chi connectivity index (χ1v) is 8.60. The average Bonchev–Trinajstić information content (AvgIpc) is 2.46. The molecule has 0 radical (unpaired) electrons. The Balaban J connectivity index is 1.97. The van der Waals surface area contributed by atoms with Crippen LogP contribution in [-0.4, -0.2) is 19.2 Å². The minimum atomic E-state index is 0.168. The van der Waals surface area contributed by atoms with Crippen LogP contribution in [0.15, 0.2) is 28.7 Å². The fraction of sp³-hybridized carbons (Fsp3) is 0.647. The number of hydrogen-bond donors (Lipinski definition) is 1. The van der Waals surface area contributed by atoms with E-state index in [1.807, 2.05) is 0 Å². The van der Waals surface area contributed by atoms with Crippen LogP contribution < -0.4 is 5.32 Å². The second-order valence-electron chi connectivity index (χ2n) is 5.87. The van der Waals surface area contributed by atoms with Gasteiger partial charge in [0, 0.05) is 11.0 Å². The van der Waals surface area contributed by atoms with Gasteiger partial charge in [-0.1, -0.05) is 41.9 Å². The van der Waals surface area contributed by atoms with Crippen molar-refractivity contribution in [1.29, 1.82) is 0 Å². The lowest BCUT2D eigenvalue weighted by Gasteiger charge is -2.30. The molecule has 0 aromatic heterocycles. The van der Waals surface area contributed by atoms with Gasteiger partial charge in [-0.3, -0.25) is 0 Å². The summed E-state index contributed by atoms with van der Waals surface area (Å²) in [5.74, 6) is 0.870. The highest BCUT2D eigenvalue weighted by molar-refractivity contribution is 9.10. The van der Waals surface area contributed by atoms with E-state index in [1.165, 1.54) is 31.2 Å². The molecule has 0 spiro atoms. The number of benzene rings is 1. The van der Waals surface area contributed by atoms with Crippen molar-refractivity contribution in [3.05, 3.63) is 34.3 Å². The first-order valence-electron chi connectivity index (χ1n) is 7.80. The molecule has 1 saturated carbocycles. The summed E-state index contributed by atoms with van der Waals surface area (Å²) in [6.45, 7) is 6.37. The zero-order valence-corrected chi connectivity index (χ0v) is 14.2. The third kappa shape index (κ3) is 4.87. The number of nitrogens with one attached hydrogen (secondary N) is 1. The predicted molar refractivity (Wildman–Crippen MR) is 87.9 cm³/mol. The molecule has 1 aliphatic carbocycles. The van der Waals surface area contributed by atoms with Crippen molar-refractivity contribution in [2.75, 3.05) is 13.1 Å². The third-order valence-electron chi connectivity index (χ3n) is 4.14. The molecule has 112 valence electrons. The van der Waals surface area contributed by atoms with Gasteiger partial charge in [-0.05, 0) is 55.8 Å². The Morgan fingerprint density at radius 1 is 1.20 bits per heavy atom. The Hall–Kier alpha value is -0.380. The quantitative estimate of drug-likeness (QED) is 0.811. The van der Waals surface area contributed by atoms with E-state index in [2.05, 4.69) is 59.4 Å². The lowest BCUT2D eigenvalue weighted by molar-refractivity contribution is -0.0361. The minimum Gasteiger partial charge on any atom is -0.369 e. The van der Waals surface area contributed by atoms with Crippen LogP contribution in [0.3, 0.4) is 0 Å². The molecule has 3 heteroatoms. The molecule has 0 saturated heterocycles. The van der Waals surface area contributed by atoms with Gasteiger partial charge in [0.1, 0.15) is 0 Å². The SMILES string of the molecule is CCNCC(OC1CCC(C)CC1)c1ccc(Br)cc1. The fourth-order valence-electron chi connectivity index (χ4n) is 2.80. The number of hydrogen-bond acceptors (Lipinski definition) is 2. The van der Waals surface area contributed by atoms with Crippen molar-refractivity contribution >= 4 is 15.9 Å². The lowest BCUT2D eigenvalue weighted by Crippen LogP contribution is -2.29. The fourth-order valence-corrected chi connectivity index (χ4v) is 3.06. The summed E-state index contributed by atoms with van der Waals surface area (Å²) in [7, 11) is 0. The number of ether oxygens (including phenoxy) is 1. The van der Waals surface area contributed by atoms with E-state index in [4.69, 9.17) is 4.74 Å². The van der Waals surface area contributed by atoms with Gasteiger partial charge in [0.05, 0.1) is 12.2 Å². The molecule has 2 rings (SSSR count). The van der Waals surface area contributed by atoms with Crippen LogP contribution >= 0.6 is 15.9 Å². The van der Waals surface area contributed by atoms with Crippen LogP contribution in [0.4, 0.5) is 0 Å². The predicted octanol–water partition coefficient (Wildman–Crippen LogP) is 4.70. The van der Waals surface area contributed by atoms with E-state index in [9.17, 15) is 0 Å². The maximum atomic E-state index is 6.39. The monoisotopic (exact) mass is 339 g/mol. The van der Waals surface area contributed by atoms with Crippen molar-refractivity contribution in [3.63, 3.8) is 0 Å². The van der Waals surface area contributed by atoms with Gasteiger partial charge in [-0.15, -0.1) is 0 Å².